The van der Waals surface area contributed by atoms with Gasteiger partial charge < -0.3 is 15.8 Å². The van der Waals surface area contributed by atoms with Gasteiger partial charge in [0.25, 0.3) is 11.8 Å². The standard InChI is InChI=1S/C13H15N3O4/c1-16-10(17)6-8(13(16)19)15-12(18)11-7(14)4-3-5-9(11)20-2/h3-5,8H,6,14H2,1-2H3,(H,15,18). The molecule has 106 valence electrons. The molecule has 0 saturated carbocycles. The Balaban J connectivity index is 2.22. The Hall–Kier alpha value is -2.57. The van der Waals surface area contributed by atoms with Crippen LogP contribution in [0.15, 0.2) is 18.2 Å². The smallest absolute Gasteiger partial charge is 0.257 e. The lowest BCUT2D eigenvalue weighted by molar-refractivity contribution is -0.137. The van der Waals surface area contributed by atoms with Crippen LogP contribution >= 0.6 is 0 Å². The van der Waals surface area contributed by atoms with Gasteiger partial charge in [-0.25, -0.2) is 0 Å². The van der Waals surface area contributed by atoms with Crippen LogP contribution in [0.1, 0.15) is 16.8 Å². The highest BCUT2D eigenvalue weighted by Crippen LogP contribution is 2.24. The number of hydrogen-bond donors (Lipinski definition) is 2. The number of hydrogen-bond acceptors (Lipinski definition) is 5. The van der Waals surface area contributed by atoms with Crippen LogP contribution in [0, 0.1) is 0 Å². The number of methoxy groups -OCH3 is 1. The van der Waals surface area contributed by atoms with Crippen LogP contribution in [0.25, 0.3) is 0 Å². The zero-order valence-electron chi connectivity index (χ0n) is 11.2. The lowest BCUT2D eigenvalue weighted by Gasteiger charge is -2.14. The van der Waals surface area contributed by atoms with Crippen molar-refractivity contribution in [2.24, 2.45) is 0 Å². The highest BCUT2D eigenvalue weighted by atomic mass is 16.5. The average Bonchev–Trinajstić information content (AvgIpc) is 2.65. The van der Waals surface area contributed by atoms with Crippen LogP contribution in [0.3, 0.4) is 0 Å². The molecule has 7 heteroatoms. The van der Waals surface area contributed by atoms with Crippen molar-refractivity contribution < 1.29 is 19.1 Å². The summed E-state index contributed by atoms with van der Waals surface area (Å²) in [6.45, 7) is 0. The van der Waals surface area contributed by atoms with Crippen LogP contribution in [0.4, 0.5) is 5.69 Å². The maximum absolute atomic E-state index is 12.2. The summed E-state index contributed by atoms with van der Waals surface area (Å²) in [5.41, 5.74) is 6.16. The van der Waals surface area contributed by atoms with E-state index < -0.39 is 17.9 Å². The molecule has 20 heavy (non-hydrogen) atoms. The fourth-order valence-electron chi connectivity index (χ4n) is 2.06. The Kier molecular flexibility index (Phi) is 3.60. The molecule has 1 fully saturated rings. The summed E-state index contributed by atoms with van der Waals surface area (Å²) < 4.78 is 5.08. The number of benzene rings is 1. The number of likely N-dealkylation sites (N-methyl/N-ethyl adjacent to an activating group) is 1. The maximum atomic E-state index is 12.2. The molecule has 1 atom stereocenters. The van der Waals surface area contributed by atoms with Crippen molar-refractivity contribution in [3.05, 3.63) is 23.8 Å². The van der Waals surface area contributed by atoms with Crippen molar-refractivity contribution >= 4 is 23.4 Å². The molecule has 3 N–H and O–H groups in total. The van der Waals surface area contributed by atoms with Gasteiger partial charge in [-0.1, -0.05) is 6.07 Å². The molecule has 3 amide bonds. The molecule has 0 radical (unpaired) electrons. The lowest BCUT2D eigenvalue weighted by atomic mass is 10.1. The SMILES string of the molecule is COc1cccc(N)c1C(=O)NC1CC(=O)N(C)C1=O. The summed E-state index contributed by atoms with van der Waals surface area (Å²) in [6, 6.07) is 3.96. The molecule has 7 nitrogen and oxygen atoms in total. The predicted molar refractivity (Wildman–Crippen MR) is 71.1 cm³/mol. The first kappa shape index (κ1) is 13.9. The van der Waals surface area contributed by atoms with Crippen LogP contribution in [-0.4, -0.2) is 42.8 Å². The second kappa shape index (κ2) is 5.20. The molecule has 1 aliphatic rings. The minimum atomic E-state index is -0.857. The molecule has 1 aromatic carbocycles. The number of ether oxygens (including phenoxy) is 1. The predicted octanol–water partition coefficient (Wildman–Crippen LogP) is -0.236. The van der Waals surface area contributed by atoms with Gasteiger partial charge in [0.05, 0.1) is 13.5 Å². The van der Waals surface area contributed by atoms with Gasteiger partial charge in [0.15, 0.2) is 0 Å². The van der Waals surface area contributed by atoms with Crippen LogP contribution in [0.2, 0.25) is 0 Å². The Morgan fingerprint density at radius 2 is 2.15 bits per heavy atom. The highest BCUT2D eigenvalue weighted by Gasteiger charge is 2.37. The number of carbonyl (C=O) groups is 3. The summed E-state index contributed by atoms with van der Waals surface area (Å²) in [5, 5.41) is 2.51. The number of amides is 3. The lowest BCUT2D eigenvalue weighted by Crippen LogP contribution is -2.41. The van der Waals surface area contributed by atoms with Crippen LogP contribution in [0.5, 0.6) is 5.75 Å². The third-order valence-electron chi connectivity index (χ3n) is 3.19. The second-order valence-corrected chi connectivity index (χ2v) is 4.45. The molecule has 1 unspecified atom stereocenters. The van der Waals surface area contributed by atoms with Crippen molar-refractivity contribution in [2.75, 3.05) is 19.9 Å². The van der Waals surface area contributed by atoms with Crippen LogP contribution in [-0.2, 0) is 9.59 Å². The molecule has 1 saturated heterocycles. The summed E-state index contributed by atoms with van der Waals surface area (Å²) in [4.78, 5) is 36.4. The first-order chi connectivity index (χ1) is 9.45. The van der Waals surface area contributed by atoms with Gasteiger partial charge >= 0.3 is 0 Å². The number of anilines is 1. The summed E-state index contributed by atoms with van der Waals surface area (Å²) in [7, 11) is 2.80. The van der Waals surface area contributed by atoms with Gasteiger partial charge in [0.2, 0.25) is 5.91 Å². The number of nitrogen functional groups attached to an aromatic ring is 1. The Labute approximate surface area is 115 Å². The van der Waals surface area contributed by atoms with Crippen molar-refractivity contribution in [1.82, 2.24) is 10.2 Å². The van der Waals surface area contributed by atoms with Gasteiger partial charge in [0.1, 0.15) is 17.4 Å². The molecule has 2 rings (SSSR count). The Morgan fingerprint density at radius 1 is 1.45 bits per heavy atom. The minimum absolute atomic E-state index is 0.0455. The van der Waals surface area contributed by atoms with Gasteiger partial charge in [-0.3, -0.25) is 19.3 Å². The van der Waals surface area contributed by atoms with E-state index in [9.17, 15) is 14.4 Å². The molecule has 1 heterocycles. The Morgan fingerprint density at radius 3 is 2.70 bits per heavy atom. The normalized spacial score (nSPS) is 18.3. The van der Waals surface area contributed by atoms with E-state index in [2.05, 4.69) is 5.32 Å². The summed E-state index contributed by atoms with van der Waals surface area (Å²) >= 11 is 0. The summed E-state index contributed by atoms with van der Waals surface area (Å²) in [6.07, 6.45) is -0.0455. The molecular weight excluding hydrogens is 262 g/mol. The number of nitrogens with one attached hydrogen (secondary N) is 1. The van der Waals surface area contributed by atoms with E-state index in [0.29, 0.717) is 5.75 Å². The largest absolute Gasteiger partial charge is 0.496 e. The molecule has 0 aromatic heterocycles. The van der Waals surface area contributed by atoms with Gasteiger partial charge in [-0.2, -0.15) is 0 Å². The van der Waals surface area contributed by atoms with E-state index in [-0.39, 0.29) is 23.6 Å². The van der Waals surface area contributed by atoms with E-state index in [1.165, 1.54) is 14.2 Å². The second-order valence-electron chi connectivity index (χ2n) is 4.45. The fourth-order valence-corrected chi connectivity index (χ4v) is 2.06. The van der Waals surface area contributed by atoms with Crippen molar-refractivity contribution in [3.8, 4) is 5.75 Å². The number of carbonyl (C=O) groups excluding carboxylic acids is 3. The topological polar surface area (TPSA) is 102 Å². The third kappa shape index (κ3) is 2.29. The number of rotatable bonds is 3. The zero-order chi connectivity index (χ0) is 14.9. The monoisotopic (exact) mass is 277 g/mol. The highest BCUT2D eigenvalue weighted by molar-refractivity contribution is 6.09. The molecule has 0 spiro atoms. The molecular formula is C13H15N3O4. The number of imide groups is 1. The number of likely N-dealkylation sites (tertiary alicyclic amines) is 1. The Bertz CT molecular complexity index is 585. The first-order valence-corrected chi connectivity index (χ1v) is 5.99. The number of nitrogens with zero attached hydrogens (tertiary/aromatic N) is 1. The average molecular weight is 277 g/mol. The summed E-state index contributed by atoms with van der Waals surface area (Å²) in [5.74, 6) is -0.987. The van der Waals surface area contributed by atoms with Crippen molar-refractivity contribution in [1.29, 1.82) is 0 Å². The van der Waals surface area contributed by atoms with E-state index in [1.54, 1.807) is 18.2 Å². The van der Waals surface area contributed by atoms with Crippen LogP contribution < -0.4 is 15.8 Å². The van der Waals surface area contributed by atoms with Crippen molar-refractivity contribution in [3.63, 3.8) is 0 Å². The van der Waals surface area contributed by atoms with Crippen molar-refractivity contribution in [2.45, 2.75) is 12.5 Å². The molecule has 0 aliphatic carbocycles. The fraction of sp³-hybridized carbons (Fsp3) is 0.308. The van der Waals surface area contributed by atoms with E-state index in [4.69, 9.17) is 10.5 Å². The quantitative estimate of drug-likeness (QED) is 0.586. The van der Waals surface area contributed by atoms with Gasteiger partial charge in [-0.15, -0.1) is 0 Å². The van der Waals surface area contributed by atoms with Gasteiger partial charge in [-0.05, 0) is 12.1 Å². The zero-order valence-corrected chi connectivity index (χ0v) is 11.2. The van der Waals surface area contributed by atoms with E-state index in [1.807, 2.05) is 0 Å². The molecule has 1 aromatic rings. The van der Waals surface area contributed by atoms with Gasteiger partial charge in [0, 0.05) is 12.7 Å². The number of nitrogens with two attached hydrogens (primary N) is 1. The van der Waals surface area contributed by atoms with E-state index >= 15 is 0 Å². The first-order valence-electron chi connectivity index (χ1n) is 5.99. The third-order valence-corrected chi connectivity index (χ3v) is 3.19. The maximum Gasteiger partial charge on any atom is 0.257 e. The van der Waals surface area contributed by atoms with E-state index in [0.717, 1.165) is 4.90 Å². The minimum Gasteiger partial charge on any atom is -0.496 e. The molecule has 1 aliphatic heterocycles. The molecule has 0 bridgehead atoms.